The Morgan fingerprint density at radius 1 is 1.19 bits per heavy atom. The summed E-state index contributed by atoms with van der Waals surface area (Å²) >= 11 is 0. The Morgan fingerprint density at radius 2 is 1.95 bits per heavy atom. The van der Waals surface area contributed by atoms with E-state index in [9.17, 15) is 9.59 Å². The van der Waals surface area contributed by atoms with Gasteiger partial charge in [0.15, 0.2) is 0 Å². The second-order valence-corrected chi connectivity index (χ2v) is 5.98. The normalized spacial score (nSPS) is 22.8. The van der Waals surface area contributed by atoms with Crippen LogP contribution in [0.3, 0.4) is 0 Å². The van der Waals surface area contributed by atoms with Crippen molar-refractivity contribution >= 4 is 28.5 Å². The third-order valence-electron chi connectivity index (χ3n) is 4.28. The smallest absolute Gasteiger partial charge is 0.307 e. The molecule has 2 aromatic rings. The average molecular weight is 284 g/mol. The van der Waals surface area contributed by atoms with Crippen molar-refractivity contribution in [2.24, 2.45) is 17.3 Å². The summed E-state index contributed by atoms with van der Waals surface area (Å²) in [5.41, 5.74) is 0.955. The summed E-state index contributed by atoms with van der Waals surface area (Å²) in [5, 5.41) is 12.8. The van der Waals surface area contributed by atoms with E-state index < -0.39 is 23.2 Å². The lowest BCUT2D eigenvalue weighted by Gasteiger charge is -2.08. The predicted octanol–water partition coefficient (Wildman–Crippen LogP) is 2.53. The van der Waals surface area contributed by atoms with Crippen LogP contribution in [0.25, 0.3) is 10.9 Å². The molecule has 0 bridgehead atoms. The quantitative estimate of drug-likeness (QED) is 0.907. The maximum Gasteiger partial charge on any atom is 0.307 e. The Hall–Kier alpha value is -2.43. The Labute approximate surface area is 122 Å². The van der Waals surface area contributed by atoms with Crippen LogP contribution in [0.5, 0.6) is 0 Å². The first-order valence-corrected chi connectivity index (χ1v) is 6.80. The monoisotopic (exact) mass is 284 g/mol. The van der Waals surface area contributed by atoms with Crippen LogP contribution < -0.4 is 5.32 Å². The molecule has 2 atom stereocenters. The van der Waals surface area contributed by atoms with Gasteiger partial charge >= 0.3 is 5.97 Å². The second kappa shape index (κ2) is 4.55. The van der Waals surface area contributed by atoms with Crippen LogP contribution in [-0.2, 0) is 9.59 Å². The van der Waals surface area contributed by atoms with Crippen molar-refractivity contribution in [1.82, 2.24) is 4.98 Å². The van der Waals surface area contributed by atoms with Crippen molar-refractivity contribution in [3.05, 3.63) is 36.5 Å². The van der Waals surface area contributed by atoms with Crippen molar-refractivity contribution < 1.29 is 14.7 Å². The molecule has 1 aliphatic carbocycles. The zero-order chi connectivity index (χ0) is 15.2. The first-order valence-electron chi connectivity index (χ1n) is 6.80. The molecule has 1 heterocycles. The highest BCUT2D eigenvalue weighted by Gasteiger charge is 2.65. The molecule has 21 heavy (non-hydrogen) atoms. The van der Waals surface area contributed by atoms with Crippen molar-refractivity contribution in [1.29, 1.82) is 0 Å². The van der Waals surface area contributed by atoms with E-state index in [1.165, 1.54) is 0 Å². The number of nitrogens with one attached hydrogen (secondary N) is 1. The van der Waals surface area contributed by atoms with Crippen LogP contribution in [0.2, 0.25) is 0 Å². The average Bonchev–Trinajstić information content (AvgIpc) is 3.02. The van der Waals surface area contributed by atoms with Gasteiger partial charge in [0.1, 0.15) is 0 Å². The summed E-state index contributed by atoms with van der Waals surface area (Å²) in [6, 6.07) is 9.17. The van der Waals surface area contributed by atoms with Crippen molar-refractivity contribution in [3.8, 4) is 0 Å². The number of rotatable bonds is 3. The SMILES string of the molecule is CC1(C)[C@@H](C(=O)O)[C@@H]1C(=O)Nc1cccc2ncccc12. The number of hydrogen-bond acceptors (Lipinski definition) is 3. The Kier molecular flexibility index (Phi) is 2.93. The van der Waals surface area contributed by atoms with E-state index in [0.717, 1.165) is 10.9 Å². The van der Waals surface area contributed by atoms with Gasteiger partial charge in [-0.05, 0) is 29.7 Å². The molecule has 0 saturated heterocycles. The van der Waals surface area contributed by atoms with Crippen molar-refractivity contribution in [2.45, 2.75) is 13.8 Å². The summed E-state index contributed by atoms with van der Waals surface area (Å²) in [7, 11) is 0. The number of amides is 1. The lowest BCUT2D eigenvalue weighted by molar-refractivity contribution is -0.140. The molecule has 1 aromatic heterocycles. The van der Waals surface area contributed by atoms with E-state index in [2.05, 4.69) is 10.3 Å². The third kappa shape index (κ3) is 2.14. The molecule has 1 saturated carbocycles. The molecule has 5 heteroatoms. The number of carbonyl (C=O) groups is 2. The van der Waals surface area contributed by atoms with E-state index >= 15 is 0 Å². The molecular formula is C16H16N2O3. The number of carboxylic acids is 1. The fraction of sp³-hybridized carbons (Fsp3) is 0.312. The molecule has 108 valence electrons. The fourth-order valence-electron chi connectivity index (χ4n) is 3.01. The first-order chi connectivity index (χ1) is 9.93. The molecule has 0 radical (unpaired) electrons. The van der Waals surface area contributed by atoms with Gasteiger partial charge in [0.2, 0.25) is 5.91 Å². The lowest BCUT2D eigenvalue weighted by atomic mass is 10.1. The second-order valence-electron chi connectivity index (χ2n) is 5.98. The van der Waals surface area contributed by atoms with Gasteiger partial charge in [0.05, 0.1) is 23.0 Å². The van der Waals surface area contributed by atoms with Crippen LogP contribution in [-0.4, -0.2) is 22.0 Å². The zero-order valence-corrected chi connectivity index (χ0v) is 11.8. The number of anilines is 1. The van der Waals surface area contributed by atoms with Crippen LogP contribution in [0.1, 0.15) is 13.8 Å². The maximum absolute atomic E-state index is 12.4. The van der Waals surface area contributed by atoms with E-state index in [-0.39, 0.29) is 5.91 Å². The summed E-state index contributed by atoms with van der Waals surface area (Å²) in [6.45, 7) is 3.61. The highest BCUT2D eigenvalue weighted by molar-refractivity contribution is 6.05. The minimum atomic E-state index is -0.917. The molecule has 0 aliphatic heterocycles. The molecule has 3 rings (SSSR count). The molecule has 0 spiro atoms. The topological polar surface area (TPSA) is 79.3 Å². The van der Waals surface area contributed by atoms with Crippen LogP contribution in [0.4, 0.5) is 5.69 Å². The van der Waals surface area contributed by atoms with Crippen molar-refractivity contribution in [3.63, 3.8) is 0 Å². The minimum Gasteiger partial charge on any atom is -0.481 e. The largest absolute Gasteiger partial charge is 0.481 e. The molecule has 1 amide bonds. The molecule has 1 fully saturated rings. The van der Waals surface area contributed by atoms with Gasteiger partial charge in [0.25, 0.3) is 0 Å². The lowest BCUT2D eigenvalue weighted by Crippen LogP contribution is -2.18. The van der Waals surface area contributed by atoms with Crippen LogP contribution >= 0.6 is 0 Å². The number of benzene rings is 1. The number of carboxylic acid groups (broad SMARTS) is 1. The van der Waals surface area contributed by atoms with Gasteiger partial charge in [-0.1, -0.05) is 19.9 Å². The van der Waals surface area contributed by atoms with E-state index in [1.807, 2.05) is 18.2 Å². The third-order valence-corrected chi connectivity index (χ3v) is 4.28. The van der Waals surface area contributed by atoms with Gasteiger partial charge in [-0.25, -0.2) is 0 Å². The van der Waals surface area contributed by atoms with Crippen LogP contribution in [0.15, 0.2) is 36.5 Å². The van der Waals surface area contributed by atoms with Crippen LogP contribution in [0, 0.1) is 17.3 Å². The minimum absolute atomic E-state index is 0.247. The highest BCUT2D eigenvalue weighted by atomic mass is 16.4. The number of hydrogen-bond donors (Lipinski definition) is 2. The van der Waals surface area contributed by atoms with E-state index in [4.69, 9.17) is 5.11 Å². The summed E-state index contributed by atoms with van der Waals surface area (Å²) < 4.78 is 0. The number of fused-ring (bicyclic) bond motifs is 1. The van der Waals surface area contributed by atoms with E-state index in [1.54, 1.807) is 32.2 Å². The Morgan fingerprint density at radius 3 is 2.62 bits per heavy atom. The number of pyridine rings is 1. The standard InChI is InChI=1S/C16H16N2O3/c1-16(2)12(13(16)15(20)21)14(19)18-11-7-3-6-10-9(11)5-4-8-17-10/h3-8,12-13H,1-2H3,(H,18,19)(H,20,21)/t12-,13-/m1/s1. The highest BCUT2D eigenvalue weighted by Crippen LogP contribution is 2.58. The number of carbonyl (C=O) groups excluding carboxylic acids is 1. The fourth-order valence-corrected chi connectivity index (χ4v) is 3.01. The number of aliphatic carboxylic acids is 1. The Bertz CT molecular complexity index is 734. The molecular weight excluding hydrogens is 268 g/mol. The molecule has 1 aromatic carbocycles. The molecule has 1 aliphatic rings. The van der Waals surface area contributed by atoms with E-state index in [0.29, 0.717) is 5.69 Å². The summed E-state index contributed by atoms with van der Waals surface area (Å²) in [5.74, 6) is -2.28. The maximum atomic E-state index is 12.4. The van der Waals surface area contributed by atoms with Crippen molar-refractivity contribution in [2.75, 3.05) is 5.32 Å². The van der Waals surface area contributed by atoms with Gasteiger partial charge in [-0.3, -0.25) is 14.6 Å². The predicted molar refractivity (Wildman–Crippen MR) is 78.8 cm³/mol. The molecule has 2 N–H and O–H groups in total. The first kappa shape index (κ1) is 13.5. The Balaban J connectivity index is 1.87. The van der Waals surface area contributed by atoms with Gasteiger partial charge in [0, 0.05) is 11.6 Å². The zero-order valence-electron chi connectivity index (χ0n) is 11.8. The van der Waals surface area contributed by atoms with Gasteiger partial charge < -0.3 is 10.4 Å². The number of aromatic nitrogens is 1. The molecule has 0 unspecified atom stereocenters. The summed E-state index contributed by atoms with van der Waals surface area (Å²) in [6.07, 6.45) is 1.69. The summed E-state index contributed by atoms with van der Waals surface area (Å²) in [4.78, 5) is 27.8. The van der Waals surface area contributed by atoms with Gasteiger partial charge in [-0.15, -0.1) is 0 Å². The molecule has 5 nitrogen and oxygen atoms in total. The van der Waals surface area contributed by atoms with Gasteiger partial charge in [-0.2, -0.15) is 0 Å². The number of nitrogens with zero attached hydrogens (tertiary/aromatic N) is 1.